The second-order valence-corrected chi connectivity index (χ2v) is 8.59. The van der Waals surface area contributed by atoms with Crippen LogP contribution in [-0.2, 0) is 20.9 Å². The Morgan fingerprint density at radius 2 is 1.97 bits per heavy atom. The summed E-state index contributed by atoms with van der Waals surface area (Å²) in [4.78, 5) is 7.53. The first-order valence-corrected chi connectivity index (χ1v) is 10.8. The van der Waals surface area contributed by atoms with Crippen LogP contribution in [0.1, 0.15) is 18.4 Å². The molecule has 1 aliphatic rings. The molecular formula is C18H21F3N4O5S. The molecule has 2 atom stereocenters. The quantitative estimate of drug-likeness (QED) is 0.596. The number of benzene rings is 1. The maximum atomic E-state index is 13.4. The van der Waals surface area contributed by atoms with E-state index >= 15 is 0 Å². The Hall–Kier alpha value is -2.48. The van der Waals surface area contributed by atoms with Gasteiger partial charge in [0.15, 0.2) is 0 Å². The van der Waals surface area contributed by atoms with E-state index in [4.69, 9.17) is 9.47 Å². The third-order valence-electron chi connectivity index (χ3n) is 4.51. The summed E-state index contributed by atoms with van der Waals surface area (Å²) in [6, 6.07) is 5.46. The van der Waals surface area contributed by atoms with Gasteiger partial charge in [-0.1, -0.05) is 0 Å². The molecule has 0 radical (unpaired) electrons. The molecule has 1 saturated heterocycles. The lowest BCUT2D eigenvalue weighted by molar-refractivity contribution is -0.140. The van der Waals surface area contributed by atoms with E-state index in [2.05, 4.69) is 20.0 Å². The van der Waals surface area contributed by atoms with Crippen LogP contribution in [0.25, 0.3) is 0 Å². The van der Waals surface area contributed by atoms with Gasteiger partial charge in [-0.05, 0) is 44.2 Å². The maximum absolute atomic E-state index is 13.4. The molecule has 2 heterocycles. The highest BCUT2D eigenvalue weighted by molar-refractivity contribution is 7.89. The largest absolute Gasteiger partial charge is 0.471 e. The lowest BCUT2D eigenvalue weighted by Crippen LogP contribution is -2.34. The van der Waals surface area contributed by atoms with Crippen LogP contribution in [-0.4, -0.2) is 56.0 Å². The molecule has 0 spiro atoms. The van der Waals surface area contributed by atoms with Crippen LogP contribution in [0.4, 0.5) is 24.8 Å². The molecule has 13 heteroatoms. The minimum atomic E-state index is -4.76. The zero-order valence-corrected chi connectivity index (χ0v) is 17.2. The Balaban J connectivity index is 1.86. The summed E-state index contributed by atoms with van der Waals surface area (Å²) in [6.07, 6.45) is -5.38. The number of aliphatic hydroxyl groups is 1. The SMILES string of the molecule is CNS(=O)(=O)c1ccc(Nc2ncc(C(F)(F)F)c(O[C@H]3CCCOC[C@H]3O)n2)cc1. The highest BCUT2D eigenvalue weighted by Gasteiger charge is 2.38. The third kappa shape index (κ3) is 5.81. The average molecular weight is 462 g/mol. The first-order valence-electron chi connectivity index (χ1n) is 9.27. The van der Waals surface area contributed by atoms with Crippen LogP contribution in [0.15, 0.2) is 35.4 Å². The van der Waals surface area contributed by atoms with Gasteiger partial charge in [-0.3, -0.25) is 0 Å². The molecule has 1 fully saturated rings. The Morgan fingerprint density at radius 1 is 1.26 bits per heavy atom. The van der Waals surface area contributed by atoms with E-state index in [9.17, 15) is 26.7 Å². The number of rotatable bonds is 6. The zero-order valence-electron chi connectivity index (χ0n) is 16.4. The Kier molecular flexibility index (Phi) is 6.99. The standard InChI is InChI=1S/C18H21F3N4O5S/c1-22-31(27,28)12-6-4-11(5-7-12)24-17-23-9-13(18(19,20)21)16(25-17)30-15-3-2-8-29-10-14(15)26/h4-7,9,14-15,22,26H,2-3,8,10H2,1H3,(H,23,24,25)/t14-,15+/m1/s1. The number of alkyl halides is 3. The summed E-state index contributed by atoms with van der Waals surface area (Å²) >= 11 is 0. The van der Waals surface area contributed by atoms with Crippen molar-refractivity contribution in [1.82, 2.24) is 14.7 Å². The molecule has 3 rings (SSSR count). The van der Waals surface area contributed by atoms with Gasteiger partial charge in [0.2, 0.25) is 21.9 Å². The zero-order chi connectivity index (χ0) is 22.6. The van der Waals surface area contributed by atoms with Crippen molar-refractivity contribution in [2.75, 3.05) is 25.6 Å². The second kappa shape index (κ2) is 9.34. The van der Waals surface area contributed by atoms with Crippen molar-refractivity contribution in [3.05, 3.63) is 36.0 Å². The van der Waals surface area contributed by atoms with Crippen LogP contribution < -0.4 is 14.8 Å². The Labute approximate surface area is 176 Å². The van der Waals surface area contributed by atoms with Crippen LogP contribution in [0.2, 0.25) is 0 Å². The second-order valence-electron chi connectivity index (χ2n) is 6.71. The maximum Gasteiger partial charge on any atom is 0.423 e. The summed E-state index contributed by atoms with van der Waals surface area (Å²) in [5.41, 5.74) is -0.825. The van der Waals surface area contributed by atoms with Crippen molar-refractivity contribution in [2.45, 2.75) is 36.1 Å². The summed E-state index contributed by atoms with van der Waals surface area (Å²) in [6.45, 7) is 0.322. The van der Waals surface area contributed by atoms with E-state index < -0.39 is 39.9 Å². The lowest BCUT2D eigenvalue weighted by Gasteiger charge is -2.23. The van der Waals surface area contributed by atoms with Gasteiger partial charge in [0.05, 0.1) is 11.5 Å². The lowest BCUT2D eigenvalue weighted by atomic mass is 10.1. The van der Waals surface area contributed by atoms with Gasteiger partial charge in [-0.15, -0.1) is 0 Å². The molecule has 0 aliphatic carbocycles. The number of nitrogens with zero attached hydrogens (tertiary/aromatic N) is 2. The molecule has 170 valence electrons. The van der Waals surface area contributed by atoms with Gasteiger partial charge >= 0.3 is 6.18 Å². The number of sulfonamides is 1. The average Bonchev–Trinajstić information content (AvgIpc) is 2.92. The molecule has 0 unspecified atom stereocenters. The fraction of sp³-hybridized carbons (Fsp3) is 0.444. The van der Waals surface area contributed by atoms with Crippen LogP contribution in [0.3, 0.4) is 0 Å². The number of aromatic nitrogens is 2. The third-order valence-corrected chi connectivity index (χ3v) is 5.94. The van der Waals surface area contributed by atoms with E-state index in [0.717, 1.165) is 0 Å². The number of aliphatic hydroxyl groups excluding tert-OH is 1. The normalized spacial score (nSPS) is 20.2. The molecule has 2 aromatic rings. The Morgan fingerprint density at radius 3 is 2.61 bits per heavy atom. The minimum Gasteiger partial charge on any atom is -0.471 e. The van der Waals surface area contributed by atoms with Crippen LogP contribution in [0, 0.1) is 0 Å². The van der Waals surface area contributed by atoms with E-state index in [0.29, 0.717) is 31.3 Å². The predicted molar refractivity (Wildman–Crippen MR) is 103 cm³/mol. The van der Waals surface area contributed by atoms with Crippen LogP contribution >= 0.6 is 0 Å². The smallest absolute Gasteiger partial charge is 0.423 e. The van der Waals surface area contributed by atoms with Crippen molar-refractivity contribution in [2.24, 2.45) is 0 Å². The predicted octanol–water partition coefficient (Wildman–Crippen LogP) is 2.07. The Bertz CT molecular complexity index is 1000. The molecule has 1 aliphatic heterocycles. The minimum absolute atomic E-state index is 0.0162. The van der Waals surface area contributed by atoms with Crippen molar-refractivity contribution < 1.29 is 36.2 Å². The number of anilines is 2. The molecular weight excluding hydrogens is 441 g/mol. The van der Waals surface area contributed by atoms with E-state index in [1.165, 1.54) is 31.3 Å². The van der Waals surface area contributed by atoms with E-state index in [-0.39, 0.29) is 17.5 Å². The van der Waals surface area contributed by atoms with Crippen molar-refractivity contribution in [3.63, 3.8) is 0 Å². The number of ether oxygens (including phenoxy) is 2. The molecule has 9 nitrogen and oxygen atoms in total. The van der Waals surface area contributed by atoms with Gasteiger partial charge < -0.3 is 19.9 Å². The number of nitrogens with one attached hydrogen (secondary N) is 2. The topological polar surface area (TPSA) is 123 Å². The summed E-state index contributed by atoms with van der Waals surface area (Å²) < 4.78 is 76.5. The van der Waals surface area contributed by atoms with Gasteiger partial charge in [-0.2, -0.15) is 18.2 Å². The summed E-state index contributed by atoms with van der Waals surface area (Å²) in [5, 5.41) is 12.8. The monoisotopic (exact) mass is 462 g/mol. The summed E-state index contributed by atoms with van der Waals surface area (Å²) in [5.74, 6) is -0.906. The summed E-state index contributed by atoms with van der Waals surface area (Å²) in [7, 11) is -2.35. The van der Waals surface area contributed by atoms with Gasteiger partial charge in [0.1, 0.15) is 17.8 Å². The molecule has 0 amide bonds. The fourth-order valence-corrected chi connectivity index (χ4v) is 3.58. The van der Waals surface area contributed by atoms with Crippen LogP contribution in [0.5, 0.6) is 5.88 Å². The van der Waals surface area contributed by atoms with Gasteiger partial charge in [-0.25, -0.2) is 18.1 Å². The van der Waals surface area contributed by atoms with E-state index in [1.807, 2.05) is 0 Å². The van der Waals surface area contributed by atoms with Crippen molar-refractivity contribution >= 4 is 21.7 Å². The number of halogens is 3. The highest BCUT2D eigenvalue weighted by Crippen LogP contribution is 2.36. The molecule has 1 aromatic heterocycles. The highest BCUT2D eigenvalue weighted by atomic mass is 32.2. The number of hydrogen-bond acceptors (Lipinski definition) is 8. The van der Waals surface area contributed by atoms with E-state index in [1.54, 1.807) is 0 Å². The molecule has 3 N–H and O–H groups in total. The van der Waals surface area contributed by atoms with Gasteiger partial charge in [0, 0.05) is 18.5 Å². The number of hydrogen-bond donors (Lipinski definition) is 3. The molecule has 31 heavy (non-hydrogen) atoms. The van der Waals surface area contributed by atoms with Gasteiger partial charge in [0.25, 0.3) is 0 Å². The first-order chi connectivity index (χ1) is 14.6. The molecule has 1 aromatic carbocycles. The molecule has 0 bridgehead atoms. The molecule has 0 saturated carbocycles. The van der Waals surface area contributed by atoms with Crippen molar-refractivity contribution in [1.29, 1.82) is 0 Å². The first kappa shape index (κ1) is 23.2. The van der Waals surface area contributed by atoms with Crippen molar-refractivity contribution in [3.8, 4) is 5.88 Å². The fourth-order valence-electron chi connectivity index (χ4n) is 2.85.